The van der Waals surface area contributed by atoms with Crippen LogP contribution >= 0.6 is 0 Å². The standard InChI is InChI=1S/C27H27N7O/c35-24-14-13-21(17-20-9-3-1-4-10-20)18-22(24)19-28-33-26-30-25(29-23-11-5-2-6-12-23)31-27(32-26)34-15-7-8-16-34/h1-6,9-14,18-19,35H,7-8,15-17H2,(H2,29,30,31,32,33)/b28-19+. The lowest BCUT2D eigenvalue weighted by atomic mass is 10.0. The van der Waals surface area contributed by atoms with Crippen molar-refractivity contribution >= 4 is 29.7 Å². The predicted molar refractivity (Wildman–Crippen MR) is 140 cm³/mol. The fraction of sp³-hybridized carbons (Fsp3) is 0.185. The summed E-state index contributed by atoms with van der Waals surface area (Å²) in [6, 6.07) is 25.5. The summed E-state index contributed by atoms with van der Waals surface area (Å²) in [6.45, 7) is 1.83. The largest absolute Gasteiger partial charge is 0.507 e. The van der Waals surface area contributed by atoms with E-state index in [1.807, 2.05) is 60.7 Å². The van der Waals surface area contributed by atoms with E-state index in [1.165, 1.54) is 5.56 Å². The van der Waals surface area contributed by atoms with Gasteiger partial charge in [-0.2, -0.15) is 20.1 Å². The van der Waals surface area contributed by atoms with Crippen LogP contribution in [0, 0.1) is 0 Å². The second kappa shape index (κ2) is 10.6. The van der Waals surface area contributed by atoms with E-state index in [-0.39, 0.29) is 5.75 Å². The lowest BCUT2D eigenvalue weighted by molar-refractivity contribution is 0.474. The average molecular weight is 466 g/mol. The number of aromatic hydroxyl groups is 1. The molecule has 8 nitrogen and oxygen atoms in total. The van der Waals surface area contributed by atoms with Gasteiger partial charge in [0.1, 0.15) is 5.75 Å². The summed E-state index contributed by atoms with van der Waals surface area (Å²) >= 11 is 0. The molecule has 176 valence electrons. The summed E-state index contributed by atoms with van der Waals surface area (Å²) in [7, 11) is 0. The number of hydrogen-bond donors (Lipinski definition) is 3. The number of phenolic OH excluding ortho intramolecular Hbond substituents is 1. The van der Waals surface area contributed by atoms with E-state index in [2.05, 4.69) is 47.8 Å². The van der Waals surface area contributed by atoms with E-state index in [9.17, 15) is 5.11 Å². The highest BCUT2D eigenvalue weighted by atomic mass is 16.3. The Morgan fingerprint density at radius 1 is 0.829 bits per heavy atom. The first-order valence-electron chi connectivity index (χ1n) is 11.7. The van der Waals surface area contributed by atoms with Crippen molar-refractivity contribution in [3.63, 3.8) is 0 Å². The van der Waals surface area contributed by atoms with Crippen LogP contribution in [0.3, 0.4) is 0 Å². The van der Waals surface area contributed by atoms with Crippen LogP contribution in [0.5, 0.6) is 5.75 Å². The molecule has 4 aromatic rings. The second-order valence-electron chi connectivity index (χ2n) is 8.39. The number of nitrogens with zero attached hydrogens (tertiary/aromatic N) is 5. The molecule has 0 radical (unpaired) electrons. The number of phenols is 1. The molecule has 1 aromatic heterocycles. The molecule has 1 aliphatic heterocycles. The Morgan fingerprint density at radius 3 is 2.31 bits per heavy atom. The summed E-state index contributed by atoms with van der Waals surface area (Å²) in [5, 5.41) is 17.9. The van der Waals surface area contributed by atoms with Gasteiger partial charge >= 0.3 is 0 Å². The molecule has 0 unspecified atom stereocenters. The molecule has 0 amide bonds. The summed E-state index contributed by atoms with van der Waals surface area (Å²) in [6.07, 6.45) is 4.59. The van der Waals surface area contributed by atoms with E-state index in [4.69, 9.17) is 0 Å². The average Bonchev–Trinajstić information content (AvgIpc) is 3.42. The van der Waals surface area contributed by atoms with Gasteiger partial charge < -0.3 is 15.3 Å². The van der Waals surface area contributed by atoms with Crippen LogP contribution in [0.4, 0.5) is 23.5 Å². The van der Waals surface area contributed by atoms with Crippen LogP contribution in [0.2, 0.25) is 0 Å². The van der Waals surface area contributed by atoms with Crippen LogP contribution < -0.4 is 15.6 Å². The molecular weight excluding hydrogens is 438 g/mol. The molecule has 1 aliphatic rings. The Balaban J connectivity index is 1.34. The van der Waals surface area contributed by atoms with Crippen molar-refractivity contribution in [2.24, 2.45) is 5.10 Å². The summed E-state index contributed by atoms with van der Waals surface area (Å²) < 4.78 is 0. The molecule has 0 atom stereocenters. The maximum atomic E-state index is 10.3. The van der Waals surface area contributed by atoms with Crippen molar-refractivity contribution in [1.82, 2.24) is 15.0 Å². The number of hydrogen-bond acceptors (Lipinski definition) is 8. The van der Waals surface area contributed by atoms with Gasteiger partial charge in [0.2, 0.25) is 17.8 Å². The van der Waals surface area contributed by atoms with Crippen molar-refractivity contribution in [3.8, 4) is 5.75 Å². The van der Waals surface area contributed by atoms with Crippen molar-refractivity contribution < 1.29 is 5.11 Å². The smallest absolute Gasteiger partial charge is 0.250 e. The molecule has 0 bridgehead atoms. The van der Waals surface area contributed by atoms with Crippen molar-refractivity contribution in [1.29, 1.82) is 0 Å². The minimum absolute atomic E-state index is 0.159. The Morgan fingerprint density at radius 2 is 1.54 bits per heavy atom. The Hall–Kier alpha value is -4.46. The molecule has 0 spiro atoms. The highest BCUT2D eigenvalue weighted by Gasteiger charge is 2.17. The number of para-hydroxylation sites is 1. The molecule has 1 saturated heterocycles. The molecule has 1 fully saturated rings. The number of hydrazone groups is 1. The fourth-order valence-corrected chi connectivity index (χ4v) is 3.99. The SMILES string of the molecule is Oc1ccc(Cc2ccccc2)cc1/C=N/Nc1nc(Nc2ccccc2)nc(N2CCCC2)n1. The van der Waals surface area contributed by atoms with Crippen LogP contribution in [0.1, 0.15) is 29.5 Å². The minimum Gasteiger partial charge on any atom is -0.507 e. The highest BCUT2D eigenvalue weighted by Crippen LogP contribution is 2.22. The zero-order chi connectivity index (χ0) is 23.9. The van der Waals surface area contributed by atoms with Crippen LogP contribution in [-0.2, 0) is 6.42 Å². The van der Waals surface area contributed by atoms with E-state index in [0.717, 1.165) is 43.6 Å². The third-order valence-corrected chi connectivity index (χ3v) is 5.75. The predicted octanol–water partition coefficient (Wildman–Crippen LogP) is 4.96. The first-order chi connectivity index (χ1) is 17.2. The number of anilines is 4. The van der Waals surface area contributed by atoms with Crippen molar-refractivity contribution in [2.75, 3.05) is 28.7 Å². The molecule has 0 aliphatic carbocycles. The number of nitrogens with one attached hydrogen (secondary N) is 2. The summed E-state index contributed by atoms with van der Waals surface area (Å²) in [5.74, 6) is 1.54. The summed E-state index contributed by atoms with van der Waals surface area (Å²) in [4.78, 5) is 15.8. The van der Waals surface area contributed by atoms with Gasteiger partial charge in [-0.3, -0.25) is 0 Å². The topological polar surface area (TPSA) is 98.6 Å². The molecule has 2 heterocycles. The lowest BCUT2D eigenvalue weighted by Gasteiger charge is -2.16. The number of rotatable bonds is 8. The molecule has 5 rings (SSSR count). The zero-order valence-corrected chi connectivity index (χ0v) is 19.3. The van der Waals surface area contributed by atoms with Gasteiger partial charge in [-0.15, -0.1) is 0 Å². The van der Waals surface area contributed by atoms with Crippen molar-refractivity contribution in [3.05, 3.63) is 95.6 Å². The highest BCUT2D eigenvalue weighted by molar-refractivity contribution is 5.84. The quantitative estimate of drug-likeness (QED) is 0.250. The molecule has 3 aromatic carbocycles. The van der Waals surface area contributed by atoms with Gasteiger partial charge in [0.25, 0.3) is 0 Å². The number of aromatic nitrogens is 3. The van der Waals surface area contributed by atoms with Crippen LogP contribution in [0.25, 0.3) is 0 Å². The van der Waals surface area contributed by atoms with Gasteiger partial charge in [0.05, 0.1) is 6.21 Å². The third-order valence-electron chi connectivity index (χ3n) is 5.75. The third kappa shape index (κ3) is 5.92. The molecule has 8 heteroatoms. The van der Waals surface area contributed by atoms with E-state index < -0.39 is 0 Å². The molecule has 0 saturated carbocycles. The Kier molecular flexibility index (Phi) is 6.79. The van der Waals surface area contributed by atoms with Crippen LogP contribution in [0.15, 0.2) is 84.0 Å². The van der Waals surface area contributed by atoms with Gasteiger partial charge in [0.15, 0.2) is 0 Å². The van der Waals surface area contributed by atoms with E-state index in [0.29, 0.717) is 23.4 Å². The zero-order valence-electron chi connectivity index (χ0n) is 19.3. The maximum absolute atomic E-state index is 10.3. The first-order valence-corrected chi connectivity index (χ1v) is 11.7. The second-order valence-corrected chi connectivity index (χ2v) is 8.39. The molecular formula is C27H27N7O. The first kappa shape index (κ1) is 22.3. The normalized spacial score (nSPS) is 13.3. The summed E-state index contributed by atoms with van der Waals surface area (Å²) in [5.41, 5.74) is 6.70. The van der Waals surface area contributed by atoms with Gasteiger partial charge in [-0.1, -0.05) is 54.6 Å². The van der Waals surface area contributed by atoms with Gasteiger partial charge in [-0.05, 0) is 54.7 Å². The van der Waals surface area contributed by atoms with E-state index in [1.54, 1.807) is 12.3 Å². The van der Waals surface area contributed by atoms with E-state index >= 15 is 0 Å². The molecule has 3 N–H and O–H groups in total. The van der Waals surface area contributed by atoms with Gasteiger partial charge in [0, 0.05) is 24.3 Å². The number of benzene rings is 3. The maximum Gasteiger partial charge on any atom is 0.250 e. The lowest BCUT2D eigenvalue weighted by Crippen LogP contribution is -2.21. The Labute approximate surface area is 204 Å². The van der Waals surface area contributed by atoms with Gasteiger partial charge in [-0.25, -0.2) is 5.43 Å². The van der Waals surface area contributed by atoms with Crippen molar-refractivity contribution in [2.45, 2.75) is 19.3 Å². The monoisotopic (exact) mass is 465 g/mol. The van der Waals surface area contributed by atoms with Crippen LogP contribution in [-0.4, -0.2) is 39.4 Å². The minimum atomic E-state index is 0.159. The fourth-order valence-electron chi connectivity index (χ4n) is 3.99. The Bertz CT molecular complexity index is 1290. The molecule has 35 heavy (non-hydrogen) atoms.